The van der Waals surface area contributed by atoms with Crippen LogP contribution in [0.25, 0.3) is 0 Å². The Morgan fingerprint density at radius 1 is 1.29 bits per heavy atom. The number of carbonyl (C=O) groups is 1. The summed E-state index contributed by atoms with van der Waals surface area (Å²) < 4.78 is 1.57. The van der Waals surface area contributed by atoms with Crippen LogP contribution in [0.1, 0.15) is 27.6 Å². The normalized spacial score (nSPS) is 11.5. The summed E-state index contributed by atoms with van der Waals surface area (Å²) in [7, 11) is 0. The second kappa shape index (κ2) is 7.32. The molecule has 0 fully saturated rings. The van der Waals surface area contributed by atoms with Gasteiger partial charge < -0.3 is 5.11 Å². The maximum Gasteiger partial charge on any atom is 0.161 e. The molecule has 4 nitrogen and oxygen atoms in total. The van der Waals surface area contributed by atoms with E-state index in [2.05, 4.69) is 41.8 Å². The first-order chi connectivity index (χ1) is 8.02. The van der Waals surface area contributed by atoms with Crippen molar-refractivity contribution < 1.29 is 9.90 Å². The molecule has 0 bridgehead atoms. The number of rotatable bonds is 2. The van der Waals surface area contributed by atoms with Gasteiger partial charge in [0.05, 0.1) is 15.9 Å². The fourth-order valence-electron chi connectivity index (χ4n) is 0.776. The molecule has 0 saturated heterocycles. The maximum absolute atomic E-state index is 9.97. The van der Waals surface area contributed by atoms with Crippen molar-refractivity contribution in [1.82, 2.24) is 9.97 Å². The van der Waals surface area contributed by atoms with Crippen molar-refractivity contribution in [3.8, 4) is 0 Å². The van der Waals surface area contributed by atoms with E-state index in [1.165, 1.54) is 28.9 Å². The number of nitrogens with zero attached hydrogens (tertiary/aromatic N) is 2. The van der Waals surface area contributed by atoms with E-state index < -0.39 is 6.10 Å². The smallest absolute Gasteiger partial charge is 0.161 e. The zero-order chi connectivity index (χ0) is 12.8. The molecule has 1 atom stereocenters. The molecule has 0 amide bonds. The minimum absolute atomic E-state index is 0.395. The van der Waals surface area contributed by atoms with Crippen LogP contribution < -0.4 is 0 Å². The number of thiazole rings is 2. The van der Waals surface area contributed by atoms with Gasteiger partial charge in [-0.15, -0.1) is 22.7 Å². The van der Waals surface area contributed by atoms with E-state index in [0.717, 1.165) is 19.0 Å². The number of hydrogen-bond acceptors (Lipinski definition) is 6. The number of halogens is 2. The maximum atomic E-state index is 9.97. The third-order valence-electron chi connectivity index (χ3n) is 1.52. The Morgan fingerprint density at radius 3 is 2.12 bits per heavy atom. The number of aliphatic hydroxyl groups is 1. The highest BCUT2D eigenvalue weighted by Gasteiger charge is 2.03. The molecule has 2 aromatic heterocycles. The van der Waals surface area contributed by atoms with E-state index in [1.54, 1.807) is 13.1 Å². The third-order valence-corrected chi connectivity index (χ3v) is 4.57. The summed E-state index contributed by atoms with van der Waals surface area (Å²) in [5, 5.41) is 8.99. The highest BCUT2D eigenvalue weighted by molar-refractivity contribution is 9.11. The number of aromatic nitrogens is 2. The average Bonchev–Trinajstić information content (AvgIpc) is 2.88. The fourth-order valence-corrected chi connectivity index (χ4v) is 3.13. The van der Waals surface area contributed by atoms with Gasteiger partial charge in [0, 0.05) is 12.4 Å². The van der Waals surface area contributed by atoms with Gasteiger partial charge in [0.15, 0.2) is 14.1 Å². The minimum Gasteiger partial charge on any atom is -0.388 e. The molecule has 0 aliphatic rings. The molecule has 2 rings (SSSR count). The van der Waals surface area contributed by atoms with E-state index in [4.69, 9.17) is 5.11 Å². The Hall–Kier alpha value is -0.150. The van der Waals surface area contributed by atoms with Crippen LogP contribution in [0.15, 0.2) is 20.2 Å². The first kappa shape index (κ1) is 14.9. The molecule has 0 aliphatic carbocycles. The van der Waals surface area contributed by atoms with Crippen molar-refractivity contribution in [2.45, 2.75) is 13.0 Å². The average molecular weight is 400 g/mol. The molecule has 8 heteroatoms. The van der Waals surface area contributed by atoms with Gasteiger partial charge in [-0.1, -0.05) is 0 Å². The lowest BCUT2D eigenvalue weighted by Gasteiger charge is -1.94. The van der Waals surface area contributed by atoms with Crippen molar-refractivity contribution in [2.24, 2.45) is 0 Å². The second-order valence-electron chi connectivity index (χ2n) is 2.82. The van der Waals surface area contributed by atoms with Crippen molar-refractivity contribution in [1.29, 1.82) is 0 Å². The molecular weight excluding hydrogens is 392 g/mol. The van der Waals surface area contributed by atoms with E-state index in [9.17, 15) is 4.79 Å². The zero-order valence-corrected chi connectivity index (χ0v) is 13.4. The summed E-state index contributed by atoms with van der Waals surface area (Å²) in [5.74, 6) is 0. The largest absolute Gasteiger partial charge is 0.388 e. The summed E-state index contributed by atoms with van der Waals surface area (Å²) in [6.07, 6.45) is 3.58. The second-order valence-corrected chi connectivity index (χ2v) is 7.50. The highest BCUT2D eigenvalue weighted by Crippen LogP contribution is 2.23. The minimum atomic E-state index is -0.395. The molecule has 1 N–H and O–H groups in total. The Labute approximate surface area is 123 Å². The van der Waals surface area contributed by atoms with Gasteiger partial charge in [0.2, 0.25) is 0 Å². The van der Waals surface area contributed by atoms with E-state index in [-0.39, 0.29) is 0 Å². The van der Waals surface area contributed by atoms with Crippen LogP contribution in [0.2, 0.25) is 0 Å². The molecule has 0 saturated carbocycles. The van der Waals surface area contributed by atoms with Gasteiger partial charge in [0.25, 0.3) is 0 Å². The first-order valence-electron chi connectivity index (χ1n) is 4.38. The van der Waals surface area contributed by atoms with Gasteiger partial charge >= 0.3 is 0 Å². The Balaban J connectivity index is 0.000000171. The Bertz CT molecular complexity index is 485. The molecule has 0 spiro atoms. The molecule has 1 unspecified atom stereocenters. The van der Waals surface area contributed by atoms with Gasteiger partial charge in [-0.2, -0.15) is 0 Å². The van der Waals surface area contributed by atoms with Gasteiger partial charge in [-0.05, 0) is 38.8 Å². The van der Waals surface area contributed by atoms with Crippen LogP contribution in [0.5, 0.6) is 0 Å². The lowest BCUT2D eigenvalue weighted by atomic mass is 10.4. The molecule has 2 aromatic rings. The van der Waals surface area contributed by atoms with Crippen LogP contribution in [-0.2, 0) is 0 Å². The van der Waals surface area contributed by atoms with E-state index >= 15 is 0 Å². The molecule has 2 heterocycles. The highest BCUT2D eigenvalue weighted by atomic mass is 79.9. The first-order valence-corrected chi connectivity index (χ1v) is 7.60. The summed E-state index contributed by atoms with van der Waals surface area (Å²) in [5.41, 5.74) is 0. The predicted molar refractivity (Wildman–Crippen MR) is 75.6 cm³/mol. The zero-order valence-electron chi connectivity index (χ0n) is 8.63. The topological polar surface area (TPSA) is 63.1 Å². The third kappa shape index (κ3) is 5.35. The van der Waals surface area contributed by atoms with Crippen molar-refractivity contribution in [3.63, 3.8) is 0 Å². The summed E-state index contributed by atoms with van der Waals surface area (Å²) in [6, 6.07) is 0. The number of hydrogen-bond donors (Lipinski definition) is 1. The number of carbonyl (C=O) groups excluding carboxylic acids is 1. The summed E-state index contributed by atoms with van der Waals surface area (Å²) in [4.78, 5) is 19.2. The van der Waals surface area contributed by atoms with Crippen LogP contribution in [-0.4, -0.2) is 21.4 Å². The molecule has 0 aliphatic heterocycles. The molecule has 0 radical (unpaired) electrons. The molecule has 92 valence electrons. The SMILES string of the molecule is CC(O)c1cnc(Br)s1.O=Cc1cnc(Br)s1. The van der Waals surface area contributed by atoms with E-state index in [1.807, 2.05) is 0 Å². The lowest BCUT2D eigenvalue weighted by molar-refractivity contribution is 0.112. The van der Waals surface area contributed by atoms with Crippen molar-refractivity contribution in [3.05, 3.63) is 30.0 Å². The predicted octanol–water partition coefficient (Wildman–Crippen LogP) is 3.68. The molecule has 17 heavy (non-hydrogen) atoms. The van der Waals surface area contributed by atoms with Crippen molar-refractivity contribution >= 4 is 60.8 Å². The van der Waals surface area contributed by atoms with Gasteiger partial charge in [-0.25, -0.2) is 9.97 Å². The summed E-state index contributed by atoms with van der Waals surface area (Å²) in [6.45, 7) is 1.72. The molecule has 0 aromatic carbocycles. The van der Waals surface area contributed by atoms with Crippen LogP contribution >= 0.6 is 54.5 Å². The Kier molecular flexibility index (Phi) is 6.42. The standard InChI is InChI=1S/C5H6BrNOS.C4H2BrNOS/c1-3(8)4-2-7-5(6)9-4;5-4-6-1-3(2-7)8-4/h2-3,8H,1H3;1-2H. The molecular formula is C9H8Br2N2O2S2. The lowest BCUT2D eigenvalue weighted by Crippen LogP contribution is -1.83. The van der Waals surface area contributed by atoms with E-state index in [0.29, 0.717) is 4.88 Å². The van der Waals surface area contributed by atoms with Crippen LogP contribution in [0.3, 0.4) is 0 Å². The number of aliphatic hydroxyl groups excluding tert-OH is 1. The van der Waals surface area contributed by atoms with Crippen molar-refractivity contribution in [2.75, 3.05) is 0 Å². The summed E-state index contributed by atoms with van der Waals surface area (Å²) >= 11 is 9.09. The van der Waals surface area contributed by atoms with Crippen LogP contribution in [0, 0.1) is 0 Å². The van der Waals surface area contributed by atoms with Crippen LogP contribution in [0.4, 0.5) is 0 Å². The Morgan fingerprint density at radius 2 is 1.88 bits per heavy atom. The quantitative estimate of drug-likeness (QED) is 0.782. The fraction of sp³-hybridized carbons (Fsp3) is 0.222. The van der Waals surface area contributed by atoms with Gasteiger partial charge in [0.1, 0.15) is 0 Å². The number of aldehydes is 1. The monoisotopic (exact) mass is 398 g/mol. The van der Waals surface area contributed by atoms with Gasteiger partial charge in [-0.3, -0.25) is 4.79 Å².